The largest absolute Gasteiger partial charge is 0.472 e. The lowest BCUT2D eigenvalue weighted by Crippen LogP contribution is -2.62. The molecule has 3 aromatic heterocycles. The molecule has 8 rings (SSSR count). The van der Waals surface area contributed by atoms with E-state index in [4.69, 9.17) is 20.2 Å². The maximum Gasteiger partial charge on any atom is 0.418 e. The minimum absolute atomic E-state index is 0.0403. The van der Waals surface area contributed by atoms with E-state index < -0.39 is 53.0 Å². The molecule has 0 aromatic carbocycles. The molecule has 1 aliphatic carbocycles. The molecular formula is C32H36F6N8O2. The highest BCUT2D eigenvalue weighted by atomic mass is 19.4. The number of nitrogens with two attached hydrogens (primary N) is 1. The average Bonchev–Trinajstić information content (AvgIpc) is 3.47. The van der Waals surface area contributed by atoms with E-state index in [0.29, 0.717) is 38.4 Å². The van der Waals surface area contributed by atoms with Gasteiger partial charge in [-0.2, -0.15) is 23.1 Å². The Morgan fingerprint density at radius 2 is 1.92 bits per heavy atom. The maximum absolute atomic E-state index is 16.8. The van der Waals surface area contributed by atoms with Crippen LogP contribution in [0.1, 0.15) is 50.3 Å². The predicted molar refractivity (Wildman–Crippen MR) is 164 cm³/mol. The summed E-state index contributed by atoms with van der Waals surface area (Å²) in [4.78, 5) is 21.5. The van der Waals surface area contributed by atoms with Crippen molar-refractivity contribution in [1.29, 1.82) is 0 Å². The van der Waals surface area contributed by atoms with Crippen molar-refractivity contribution in [2.24, 2.45) is 11.3 Å². The summed E-state index contributed by atoms with van der Waals surface area (Å²) in [7, 11) is 0. The Morgan fingerprint density at radius 1 is 1.12 bits per heavy atom. The molecule has 3 aromatic rings. The van der Waals surface area contributed by atoms with Crippen LogP contribution in [0.25, 0.3) is 22.2 Å². The molecule has 4 aliphatic heterocycles. The third-order valence-electron chi connectivity index (χ3n) is 10.7. The van der Waals surface area contributed by atoms with Gasteiger partial charge in [0.1, 0.15) is 34.3 Å². The first-order valence-electron chi connectivity index (χ1n) is 16.4. The summed E-state index contributed by atoms with van der Waals surface area (Å²) < 4.78 is 99.0. The Morgan fingerprint density at radius 3 is 2.62 bits per heavy atom. The van der Waals surface area contributed by atoms with Crippen LogP contribution in [0, 0.1) is 24.1 Å². The molecule has 2 bridgehead atoms. The van der Waals surface area contributed by atoms with Crippen LogP contribution in [0.4, 0.5) is 38.0 Å². The number of anilines is 2. The second-order valence-electron chi connectivity index (χ2n) is 14.1. The van der Waals surface area contributed by atoms with Gasteiger partial charge in [-0.1, -0.05) is 0 Å². The zero-order valence-electron chi connectivity index (χ0n) is 26.5. The van der Waals surface area contributed by atoms with Gasteiger partial charge in [0.15, 0.2) is 5.82 Å². The van der Waals surface area contributed by atoms with Crippen LogP contribution < -0.4 is 25.4 Å². The maximum atomic E-state index is 16.8. The first kappa shape index (κ1) is 31.6. The van der Waals surface area contributed by atoms with Gasteiger partial charge in [0.05, 0.1) is 23.9 Å². The number of aryl methyl sites for hydroxylation is 1. The second-order valence-corrected chi connectivity index (χ2v) is 14.1. The molecule has 10 nitrogen and oxygen atoms in total. The molecule has 5 aliphatic rings. The van der Waals surface area contributed by atoms with E-state index in [1.807, 2.05) is 11.8 Å². The molecule has 4 fully saturated rings. The molecule has 16 heteroatoms. The minimum Gasteiger partial charge on any atom is -0.472 e. The number of ether oxygens (including phenoxy) is 2. The number of alkyl halides is 5. The Kier molecular flexibility index (Phi) is 7.36. The van der Waals surface area contributed by atoms with E-state index in [2.05, 4.69) is 25.2 Å². The quantitative estimate of drug-likeness (QED) is 0.332. The van der Waals surface area contributed by atoms with Crippen molar-refractivity contribution < 1.29 is 35.8 Å². The van der Waals surface area contributed by atoms with Crippen molar-refractivity contribution in [2.75, 3.05) is 43.4 Å². The molecule has 0 spiro atoms. The number of piperazine rings is 1. The zero-order valence-corrected chi connectivity index (χ0v) is 26.5. The Balaban J connectivity index is 1.23. The van der Waals surface area contributed by atoms with Gasteiger partial charge in [0.2, 0.25) is 12.3 Å². The lowest BCUT2D eigenvalue weighted by atomic mass is 9.99. The molecule has 5 atom stereocenters. The normalized spacial score (nSPS) is 27.7. The molecule has 7 heterocycles. The molecule has 3 N–H and O–H groups in total. The molecule has 3 saturated heterocycles. The summed E-state index contributed by atoms with van der Waals surface area (Å²) in [6.45, 7) is 5.23. The Bertz CT molecular complexity index is 1770. The molecule has 48 heavy (non-hydrogen) atoms. The number of aromatic nitrogens is 4. The van der Waals surface area contributed by atoms with E-state index in [1.54, 1.807) is 0 Å². The molecular weight excluding hydrogens is 642 g/mol. The number of fused-ring (bicyclic) bond motifs is 5. The van der Waals surface area contributed by atoms with Gasteiger partial charge in [-0.3, -0.25) is 0 Å². The van der Waals surface area contributed by atoms with Gasteiger partial charge in [-0.15, -0.1) is 0 Å². The van der Waals surface area contributed by atoms with Crippen molar-refractivity contribution in [3.63, 3.8) is 0 Å². The van der Waals surface area contributed by atoms with Crippen molar-refractivity contribution in [3.8, 4) is 23.1 Å². The van der Waals surface area contributed by atoms with Crippen molar-refractivity contribution in [3.05, 3.63) is 23.1 Å². The molecule has 0 amide bonds. The summed E-state index contributed by atoms with van der Waals surface area (Å²) in [6, 6.07) is 0.805. The van der Waals surface area contributed by atoms with Gasteiger partial charge in [-0.25, -0.2) is 23.1 Å². The van der Waals surface area contributed by atoms with E-state index >= 15 is 4.39 Å². The van der Waals surface area contributed by atoms with Crippen molar-refractivity contribution in [1.82, 2.24) is 30.2 Å². The Labute approximate surface area is 272 Å². The fourth-order valence-corrected chi connectivity index (χ4v) is 8.20. The Hall–Kier alpha value is -3.66. The zero-order chi connectivity index (χ0) is 33.7. The SMILES string of the molecule is Cc1nc(N)cc(-c2nc3c4c(nc(OCC5(CN6CCC(C(F)F)C6)CC5)nc4c2F)N2C[C@H]4CC[C@H](N4)[C@H]2[C@H](C)O3)c1C(F)(F)F. The molecule has 1 unspecified atom stereocenters. The summed E-state index contributed by atoms with van der Waals surface area (Å²) in [5.74, 6) is -1.70. The van der Waals surface area contributed by atoms with Gasteiger partial charge in [-0.05, 0) is 58.6 Å². The minimum atomic E-state index is -4.88. The fourth-order valence-electron chi connectivity index (χ4n) is 8.20. The van der Waals surface area contributed by atoms with Gasteiger partial charge < -0.3 is 30.3 Å². The summed E-state index contributed by atoms with van der Waals surface area (Å²) >= 11 is 0. The number of hydrogen-bond acceptors (Lipinski definition) is 10. The number of pyridine rings is 2. The highest BCUT2D eigenvalue weighted by Gasteiger charge is 2.49. The lowest BCUT2D eigenvalue weighted by Gasteiger charge is -2.42. The first-order chi connectivity index (χ1) is 22.8. The highest BCUT2D eigenvalue weighted by molar-refractivity contribution is 5.97. The van der Waals surface area contributed by atoms with Crippen LogP contribution in [0.3, 0.4) is 0 Å². The standard InChI is InChI=1S/C32H36F6N8O2/c1-14-22(32(36,37)38)18(9-20(39)40-14)24-23(33)25-21-28(46-11-17-3-4-19(41-17)26(46)15(2)48-29(21)42-24)44-30(43-25)47-13-31(6-7-31)12-45-8-5-16(10-45)27(34)35/h9,15-17,19,26-27,41H,3-8,10-13H2,1-2H3,(H2,39,40)/t15-,16?,17+,19-,26+/m0/s1. The molecule has 0 radical (unpaired) electrons. The number of rotatable bonds is 7. The lowest BCUT2D eigenvalue weighted by molar-refractivity contribution is -0.137. The molecule has 258 valence electrons. The van der Waals surface area contributed by atoms with Gasteiger partial charge in [0.25, 0.3) is 0 Å². The van der Waals surface area contributed by atoms with Crippen LogP contribution in [0.2, 0.25) is 0 Å². The molecule has 1 saturated carbocycles. The fraction of sp³-hybridized carbons (Fsp3) is 0.625. The number of nitrogens with one attached hydrogen (secondary N) is 1. The summed E-state index contributed by atoms with van der Waals surface area (Å²) in [5, 5.41) is 3.77. The monoisotopic (exact) mass is 678 g/mol. The van der Waals surface area contributed by atoms with E-state index in [9.17, 15) is 22.0 Å². The van der Waals surface area contributed by atoms with Crippen LogP contribution >= 0.6 is 0 Å². The predicted octanol–water partition coefficient (Wildman–Crippen LogP) is 4.97. The third-order valence-corrected chi connectivity index (χ3v) is 10.7. The van der Waals surface area contributed by atoms with Crippen LogP contribution in [-0.2, 0) is 6.18 Å². The number of nitrogens with zero attached hydrogens (tertiary/aromatic N) is 6. The van der Waals surface area contributed by atoms with Crippen LogP contribution in [0.5, 0.6) is 11.9 Å². The summed E-state index contributed by atoms with van der Waals surface area (Å²) in [6.07, 6.45) is -3.81. The highest BCUT2D eigenvalue weighted by Crippen LogP contribution is 2.49. The van der Waals surface area contributed by atoms with E-state index in [1.165, 1.54) is 0 Å². The number of likely N-dealkylation sites (tertiary alicyclic amines) is 1. The second kappa shape index (κ2) is 11.2. The van der Waals surface area contributed by atoms with E-state index in [-0.39, 0.29) is 58.8 Å². The van der Waals surface area contributed by atoms with E-state index in [0.717, 1.165) is 38.7 Å². The number of nitrogen functional groups attached to an aromatic ring is 1. The number of hydrogen-bond donors (Lipinski definition) is 2. The first-order valence-corrected chi connectivity index (χ1v) is 16.4. The smallest absolute Gasteiger partial charge is 0.418 e. The van der Waals surface area contributed by atoms with Crippen molar-refractivity contribution >= 4 is 22.5 Å². The van der Waals surface area contributed by atoms with Gasteiger partial charge >= 0.3 is 12.2 Å². The topological polar surface area (TPSA) is 115 Å². The average molecular weight is 679 g/mol. The summed E-state index contributed by atoms with van der Waals surface area (Å²) in [5.41, 5.74) is 2.54. The van der Waals surface area contributed by atoms with Crippen LogP contribution in [-0.4, -0.2) is 88.3 Å². The third kappa shape index (κ3) is 5.35. The number of halogens is 6. The van der Waals surface area contributed by atoms with Crippen LogP contribution in [0.15, 0.2) is 6.07 Å². The van der Waals surface area contributed by atoms with Crippen molar-refractivity contribution in [2.45, 2.75) is 82.8 Å². The van der Waals surface area contributed by atoms with Gasteiger partial charge in [0, 0.05) is 48.6 Å².